The van der Waals surface area contributed by atoms with Gasteiger partial charge in [-0.2, -0.15) is 0 Å². The van der Waals surface area contributed by atoms with Crippen molar-refractivity contribution >= 4 is 10.0 Å². The molecule has 1 fully saturated rings. The van der Waals surface area contributed by atoms with Gasteiger partial charge in [0, 0.05) is 11.7 Å². The Balaban J connectivity index is 2.19. The van der Waals surface area contributed by atoms with E-state index in [9.17, 15) is 8.42 Å². The third-order valence-corrected chi connectivity index (χ3v) is 4.65. The van der Waals surface area contributed by atoms with Crippen molar-refractivity contribution in [2.75, 3.05) is 0 Å². The Hall–Kier alpha value is -0.980. The highest BCUT2D eigenvalue weighted by Crippen LogP contribution is 2.32. The second kappa shape index (κ2) is 4.36. The molecule has 0 saturated heterocycles. The molecule has 1 aliphatic rings. The van der Waals surface area contributed by atoms with E-state index >= 15 is 0 Å². The summed E-state index contributed by atoms with van der Waals surface area (Å²) < 4.78 is 26.7. The summed E-state index contributed by atoms with van der Waals surface area (Å²) in [4.78, 5) is 3.85. The van der Waals surface area contributed by atoms with Crippen LogP contribution in [0, 0.1) is 0 Å². The lowest BCUT2D eigenvalue weighted by Crippen LogP contribution is -2.50. The molecule has 2 rings (SSSR count). The zero-order valence-corrected chi connectivity index (χ0v) is 10.5. The highest BCUT2D eigenvalue weighted by molar-refractivity contribution is 7.89. The normalized spacial score (nSPS) is 18.7. The minimum Gasteiger partial charge on any atom is -0.392 e. The summed E-state index contributed by atoms with van der Waals surface area (Å²) in [6.07, 6.45) is 4.15. The van der Waals surface area contributed by atoms with Gasteiger partial charge in [-0.1, -0.05) is 6.07 Å². The minimum atomic E-state index is -3.55. The van der Waals surface area contributed by atoms with Gasteiger partial charge in [0.15, 0.2) is 5.03 Å². The molecule has 1 aliphatic carbocycles. The number of pyridine rings is 1. The van der Waals surface area contributed by atoms with Crippen LogP contribution in [-0.2, 0) is 16.6 Å². The van der Waals surface area contributed by atoms with Crippen molar-refractivity contribution in [2.24, 2.45) is 0 Å². The summed E-state index contributed by atoms with van der Waals surface area (Å²) in [5, 5.41) is 8.86. The van der Waals surface area contributed by atoms with Gasteiger partial charge in [0.2, 0.25) is 0 Å². The molecule has 0 amide bonds. The van der Waals surface area contributed by atoms with Crippen molar-refractivity contribution in [1.29, 1.82) is 0 Å². The standard InChI is InChI=1S/C11H16N2O3S/c1-11(5-2-6-11)13-17(15,16)10-4-3-9(8-14)7-12-10/h3-4,7,13-14H,2,5-6,8H2,1H3. The largest absolute Gasteiger partial charge is 0.392 e. The first kappa shape index (κ1) is 12.5. The van der Waals surface area contributed by atoms with E-state index in [1.807, 2.05) is 6.92 Å². The number of hydrogen-bond acceptors (Lipinski definition) is 4. The average molecular weight is 256 g/mol. The summed E-state index contributed by atoms with van der Waals surface area (Å²) in [7, 11) is -3.55. The molecule has 1 heterocycles. The third kappa shape index (κ3) is 2.65. The van der Waals surface area contributed by atoms with Crippen molar-refractivity contribution in [3.05, 3.63) is 23.9 Å². The fourth-order valence-electron chi connectivity index (χ4n) is 1.85. The summed E-state index contributed by atoms with van der Waals surface area (Å²) in [5.74, 6) is 0. The summed E-state index contributed by atoms with van der Waals surface area (Å²) in [6.45, 7) is 1.76. The second-order valence-corrected chi connectivity index (χ2v) is 6.31. The molecule has 2 N–H and O–H groups in total. The quantitative estimate of drug-likeness (QED) is 0.835. The lowest BCUT2D eigenvalue weighted by Gasteiger charge is -2.38. The maximum atomic E-state index is 12.0. The molecule has 94 valence electrons. The van der Waals surface area contributed by atoms with Crippen LogP contribution < -0.4 is 4.72 Å². The summed E-state index contributed by atoms with van der Waals surface area (Å²) in [5.41, 5.74) is 0.273. The number of sulfonamides is 1. The van der Waals surface area contributed by atoms with Gasteiger partial charge < -0.3 is 5.11 Å². The summed E-state index contributed by atoms with van der Waals surface area (Å²) >= 11 is 0. The van der Waals surface area contributed by atoms with Gasteiger partial charge in [-0.3, -0.25) is 0 Å². The Morgan fingerprint density at radius 1 is 1.47 bits per heavy atom. The molecular formula is C11H16N2O3S. The van der Waals surface area contributed by atoms with E-state index in [1.54, 1.807) is 6.07 Å². The molecule has 0 radical (unpaired) electrons. The van der Waals surface area contributed by atoms with Crippen LogP contribution in [0.1, 0.15) is 31.7 Å². The van der Waals surface area contributed by atoms with Crippen LogP contribution in [0.2, 0.25) is 0 Å². The first-order valence-electron chi connectivity index (χ1n) is 5.55. The molecule has 0 atom stereocenters. The molecule has 0 unspecified atom stereocenters. The van der Waals surface area contributed by atoms with Crippen molar-refractivity contribution in [2.45, 2.75) is 43.4 Å². The Morgan fingerprint density at radius 2 is 2.18 bits per heavy atom. The predicted octanol–water partition coefficient (Wildman–Crippen LogP) is 0.795. The van der Waals surface area contributed by atoms with Gasteiger partial charge in [-0.15, -0.1) is 0 Å². The zero-order valence-electron chi connectivity index (χ0n) is 9.68. The van der Waals surface area contributed by atoms with Crippen LogP contribution in [-0.4, -0.2) is 24.0 Å². The lowest BCUT2D eigenvalue weighted by molar-refractivity contribution is 0.247. The van der Waals surface area contributed by atoms with Gasteiger partial charge in [-0.25, -0.2) is 18.1 Å². The number of nitrogens with one attached hydrogen (secondary N) is 1. The fraction of sp³-hybridized carbons (Fsp3) is 0.545. The van der Waals surface area contributed by atoms with Crippen molar-refractivity contribution < 1.29 is 13.5 Å². The Labute approximate surface area is 101 Å². The molecule has 0 bridgehead atoms. The number of rotatable bonds is 4. The fourth-order valence-corrected chi connectivity index (χ4v) is 3.25. The second-order valence-electron chi connectivity index (χ2n) is 4.68. The van der Waals surface area contributed by atoms with Crippen LogP contribution in [0.3, 0.4) is 0 Å². The van der Waals surface area contributed by atoms with E-state index in [4.69, 9.17) is 5.11 Å². The molecule has 5 nitrogen and oxygen atoms in total. The topological polar surface area (TPSA) is 79.3 Å². The van der Waals surface area contributed by atoms with E-state index < -0.39 is 10.0 Å². The molecule has 17 heavy (non-hydrogen) atoms. The highest BCUT2D eigenvalue weighted by atomic mass is 32.2. The van der Waals surface area contributed by atoms with Crippen LogP contribution in [0.5, 0.6) is 0 Å². The van der Waals surface area contributed by atoms with Gasteiger partial charge in [0.1, 0.15) is 0 Å². The smallest absolute Gasteiger partial charge is 0.258 e. The average Bonchev–Trinajstić information content (AvgIpc) is 2.26. The van der Waals surface area contributed by atoms with Crippen LogP contribution >= 0.6 is 0 Å². The number of aliphatic hydroxyl groups excluding tert-OH is 1. The number of aromatic nitrogens is 1. The lowest BCUT2D eigenvalue weighted by atomic mass is 9.80. The van der Waals surface area contributed by atoms with Gasteiger partial charge in [0.25, 0.3) is 10.0 Å². The maximum absolute atomic E-state index is 12.0. The molecule has 1 aromatic heterocycles. The van der Waals surface area contributed by atoms with Crippen LogP contribution in [0.25, 0.3) is 0 Å². The van der Waals surface area contributed by atoms with Gasteiger partial charge in [-0.05, 0) is 37.8 Å². The first-order valence-corrected chi connectivity index (χ1v) is 7.03. The molecular weight excluding hydrogens is 240 g/mol. The van der Waals surface area contributed by atoms with Crippen molar-refractivity contribution in [1.82, 2.24) is 9.71 Å². The van der Waals surface area contributed by atoms with E-state index in [0.717, 1.165) is 19.3 Å². The summed E-state index contributed by atoms with van der Waals surface area (Å²) in [6, 6.07) is 2.97. The molecule has 1 aromatic rings. The Morgan fingerprint density at radius 3 is 2.59 bits per heavy atom. The SMILES string of the molecule is CC1(NS(=O)(=O)c2ccc(CO)cn2)CCC1. The number of hydrogen-bond donors (Lipinski definition) is 2. The molecule has 1 saturated carbocycles. The molecule has 0 spiro atoms. The zero-order chi connectivity index (χ0) is 12.5. The number of nitrogens with zero attached hydrogens (tertiary/aromatic N) is 1. The van der Waals surface area contributed by atoms with Crippen molar-refractivity contribution in [3.8, 4) is 0 Å². The van der Waals surface area contributed by atoms with Crippen LogP contribution in [0.4, 0.5) is 0 Å². The van der Waals surface area contributed by atoms with E-state index in [-0.39, 0.29) is 17.2 Å². The van der Waals surface area contributed by atoms with E-state index in [0.29, 0.717) is 5.56 Å². The Bertz CT molecular complexity index is 492. The number of aliphatic hydroxyl groups is 1. The first-order chi connectivity index (χ1) is 7.95. The highest BCUT2D eigenvalue weighted by Gasteiger charge is 2.36. The molecule has 6 heteroatoms. The van der Waals surface area contributed by atoms with Gasteiger partial charge >= 0.3 is 0 Å². The minimum absolute atomic E-state index is 0.00262. The molecule has 0 aliphatic heterocycles. The van der Waals surface area contributed by atoms with E-state index in [1.165, 1.54) is 12.3 Å². The van der Waals surface area contributed by atoms with Crippen molar-refractivity contribution in [3.63, 3.8) is 0 Å². The van der Waals surface area contributed by atoms with Crippen LogP contribution in [0.15, 0.2) is 23.4 Å². The molecule has 0 aromatic carbocycles. The third-order valence-electron chi connectivity index (χ3n) is 3.09. The predicted molar refractivity (Wildman–Crippen MR) is 62.7 cm³/mol. The monoisotopic (exact) mass is 256 g/mol. The van der Waals surface area contributed by atoms with Gasteiger partial charge in [0.05, 0.1) is 6.61 Å². The Kier molecular flexibility index (Phi) is 3.20. The van der Waals surface area contributed by atoms with E-state index in [2.05, 4.69) is 9.71 Å². The maximum Gasteiger partial charge on any atom is 0.258 e.